The second kappa shape index (κ2) is 6.02. The predicted molar refractivity (Wildman–Crippen MR) is 101 cm³/mol. The van der Waals surface area contributed by atoms with Crippen LogP contribution in [0.15, 0.2) is 77.8 Å². The normalized spacial score (nSPS) is 12.0. The Morgan fingerprint density at radius 2 is 1.64 bits per heavy atom. The zero-order chi connectivity index (χ0) is 17.4. The molecule has 0 atom stereocenters. The van der Waals surface area contributed by atoms with Gasteiger partial charge in [-0.25, -0.2) is 13.1 Å². The minimum Gasteiger partial charge on any atom is -0.351 e. The van der Waals surface area contributed by atoms with Crippen LogP contribution in [0.3, 0.4) is 0 Å². The molecule has 0 saturated carbocycles. The van der Waals surface area contributed by atoms with Gasteiger partial charge in [-0.3, -0.25) is 0 Å². The maximum Gasteiger partial charge on any atom is 0.240 e. The van der Waals surface area contributed by atoms with Gasteiger partial charge >= 0.3 is 0 Å². The van der Waals surface area contributed by atoms with Crippen molar-refractivity contribution in [2.45, 2.75) is 11.4 Å². The van der Waals surface area contributed by atoms with Crippen molar-refractivity contribution >= 4 is 31.7 Å². The van der Waals surface area contributed by atoms with E-state index in [1.165, 1.54) is 0 Å². The monoisotopic (exact) mass is 350 g/mol. The van der Waals surface area contributed by atoms with E-state index in [2.05, 4.69) is 4.72 Å². The van der Waals surface area contributed by atoms with E-state index < -0.39 is 10.0 Å². The van der Waals surface area contributed by atoms with Crippen LogP contribution in [0.5, 0.6) is 0 Å². The summed E-state index contributed by atoms with van der Waals surface area (Å²) in [6.45, 7) is 0.260. The Morgan fingerprint density at radius 1 is 0.880 bits per heavy atom. The van der Waals surface area contributed by atoms with Crippen LogP contribution in [-0.4, -0.2) is 13.0 Å². The van der Waals surface area contributed by atoms with Gasteiger partial charge in [0, 0.05) is 25.3 Å². The lowest BCUT2D eigenvalue weighted by molar-refractivity contribution is 0.581. The van der Waals surface area contributed by atoms with Gasteiger partial charge in [-0.1, -0.05) is 42.5 Å². The molecule has 0 aliphatic rings. The predicted octanol–water partition coefficient (Wildman–Crippen LogP) is 3.81. The average molecular weight is 350 g/mol. The molecule has 0 fully saturated rings. The number of nitrogens with one attached hydrogen (secondary N) is 1. The molecule has 4 aromatic rings. The molecular formula is C20H18N2O2S. The Balaban J connectivity index is 1.60. The molecule has 0 amide bonds. The summed E-state index contributed by atoms with van der Waals surface area (Å²) in [7, 11) is -1.58. The number of sulfonamides is 1. The number of aromatic nitrogens is 1. The first-order valence-corrected chi connectivity index (χ1v) is 9.54. The van der Waals surface area contributed by atoms with Gasteiger partial charge in [-0.2, -0.15) is 0 Å². The van der Waals surface area contributed by atoms with Gasteiger partial charge in [0.15, 0.2) is 0 Å². The Labute approximate surface area is 146 Å². The minimum atomic E-state index is -3.56. The van der Waals surface area contributed by atoms with Crippen LogP contribution in [0.4, 0.5) is 0 Å². The highest BCUT2D eigenvalue weighted by molar-refractivity contribution is 7.89. The Kier molecular flexibility index (Phi) is 3.82. The minimum absolute atomic E-state index is 0.260. The van der Waals surface area contributed by atoms with E-state index >= 15 is 0 Å². The molecule has 0 aliphatic carbocycles. The van der Waals surface area contributed by atoms with Crippen molar-refractivity contribution in [3.05, 3.63) is 78.5 Å². The average Bonchev–Trinajstić information content (AvgIpc) is 3.00. The van der Waals surface area contributed by atoms with Crippen molar-refractivity contribution in [1.29, 1.82) is 0 Å². The Hall–Kier alpha value is -2.63. The number of fused-ring (bicyclic) bond motifs is 2. The summed E-state index contributed by atoms with van der Waals surface area (Å²) >= 11 is 0. The molecule has 0 radical (unpaired) electrons. The molecule has 3 aromatic carbocycles. The number of rotatable bonds is 4. The third kappa shape index (κ3) is 3.04. The van der Waals surface area contributed by atoms with Gasteiger partial charge in [0.05, 0.1) is 4.90 Å². The first-order chi connectivity index (χ1) is 12.0. The molecule has 1 aromatic heterocycles. The second-order valence-electron chi connectivity index (χ2n) is 6.15. The topological polar surface area (TPSA) is 51.1 Å². The molecule has 1 heterocycles. The molecule has 126 valence electrons. The molecule has 0 spiro atoms. The van der Waals surface area contributed by atoms with Crippen LogP contribution in [0, 0.1) is 0 Å². The molecule has 1 N–H and O–H groups in total. The Morgan fingerprint density at radius 3 is 2.48 bits per heavy atom. The molecule has 0 aliphatic heterocycles. The van der Waals surface area contributed by atoms with Crippen LogP contribution in [0.2, 0.25) is 0 Å². The molecule has 4 nitrogen and oxygen atoms in total. The fourth-order valence-electron chi connectivity index (χ4n) is 3.01. The van der Waals surface area contributed by atoms with E-state index in [-0.39, 0.29) is 11.4 Å². The van der Waals surface area contributed by atoms with Crippen LogP contribution >= 0.6 is 0 Å². The zero-order valence-electron chi connectivity index (χ0n) is 13.8. The Bertz CT molecular complexity index is 1180. The first kappa shape index (κ1) is 15.9. The van der Waals surface area contributed by atoms with E-state index in [4.69, 9.17) is 0 Å². The highest BCUT2D eigenvalue weighted by Crippen LogP contribution is 2.20. The van der Waals surface area contributed by atoms with Crippen molar-refractivity contribution < 1.29 is 8.42 Å². The number of hydrogen-bond donors (Lipinski definition) is 1. The number of hydrogen-bond acceptors (Lipinski definition) is 2. The maximum absolute atomic E-state index is 12.6. The number of nitrogens with zero attached hydrogens (tertiary/aromatic N) is 1. The summed E-state index contributed by atoms with van der Waals surface area (Å²) in [5.41, 5.74) is 2.01. The van der Waals surface area contributed by atoms with Crippen LogP contribution in [0.1, 0.15) is 5.56 Å². The van der Waals surface area contributed by atoms with E-state index in [9.17, 15) is 8.42 Å². The molecule has 5 heteroatoms. The van der Waals surface area contributed by atoms with Crippen molar-refractivity contribution in [2.24, 2.45) is 7.05 Å². The SMILES string of the molecule is Cn1ccc2ccc(CNS(=O)(=O)c3ccc4ccccc4c3)cc21. The van der Waals surface area contributed by atoms with E-state index in [1.807, 2.05) is 72.4 Å². The summed E-state index contributed by atoms with van der Waals surface area (Å²) < 4.78 is 29.9. The third-order valence-electron chi connectivity index (χ3n) is 4.45. The number of aryl methyl sites for hydroxylation is 1. The van der Waals surface area contributed by atoms with Gasteiger partial charge in [0.2, 0.25) is 10.0 Å². The summed E-state index contributed by atoms with van der Waals surface area (Å²) in [4.78, 5) is 0.283. The summed E-state index contributed by atoms with van der Waals surface area (Å²) in [5.74, 6) is 0. The standard InChI is InChI=1S/C20H18N2O2S/c1-22-11-10-17-7-6-15(12-20(17)22)14-21-25(23,24)19-9-8-16-4-2-3-5-18(16)13-19/h2-13,21H,14H2,1H3. The van der Waals surface area contributed by atoms with Gasteiger partial charge in [-0.15, -0.1) is 0 Å². The number of benzene rings is 3. The third-order valence-corrected chi connectivity index (χ3v) is 5.85. The maximum atomic E-state index is 12.6. The van der Waals surface area contributed by atoms with Crippen molar-refractivity contribution in [3.63, 3.8) is 0 Å². The lowest BCUT2D eigenvalue weighted by Crippen LogP contribution is -2.23. The molecular weight excluding hydrogens is 332 g/mol. The summed E-state index contributed by atoms with van der Waals surface area (Å²) in [6.07, 6.45) is 1.99. The van der Waals surface area contributed by atoms with Gasteiger partial charge in [0.25, 0.3) is 0 Å². The van der Waals surface area contributed by atoms with E-state index in [0.29, 0.717) is 0 Å². The molecule has 25 heavy (non-hydrogen) atoms. The van der Waals surface area contributed by atoms with Crippen molar-refractivity contribution in [3.8, 4) is 0 Å². The smallest absolute Gasteiger partial charge is 0.240 e. The summed E-state index contributed by atoms with van der Waals surface area (Å²) in [5, 5.41) is 3.08. The van der Waals surface area contributed by atoms with E-state index in [0.717, 1.165) is 27.2 Å². The lowest BCUT2D eigenvalue weighted by Gasteiger charge is -2.09. The van der Waals surface area contributed by atoms with Crippen molar-refractivity contribution in [1.82, 2.24) is 9.29 Å². The highest BCUT2D eigenvalue weighted by Gasteiger charge is 2.14. The van der Waals surface area contributed by atoms with Crippen LogP contribution < -0.4 is 4.72 Å². The molecule has 4 rings (SSSR count). The lowest BCUT2D eigenvalue weighted by atomic mass is 10.1. The fourth-order valence-corrected chi connectivity index (χ4v) is 4.07. The van der Waals surface area contributed by atoms with Crippen LogP contribution in [-0.2, 0) is 23.6 Å². The molecule has 0 saturated heterocycles. The zero-order valence-corrected chi connectivity index (χ0v) is 14.6. The highest BCUT2D eigenvalue weighted by atomic mass is 32.2. The quantitative estimate of drug-likeness (QED) is 0.608. The van der Waals surface area contributed by atoms with Gasteiger partial charge < -0.3 is 4.57 Å². The van der Waals surface area contributed by atoms with E-state index in [1.54, 1.807) is 12.1 Å². The second-order valence-corrected chi connectivity index (χ2v) is 7.92. The summed E-state index contributed by atoms with van der Waals surface area (Å²) in [6, 6.07) is 20.9. The first-order valence-electron chi connectivity index (χ1n) is 8.05. The fraction of sp³-hybridized carbons (Fsp3) is 0.100. The molecule has 0 unspecified atom stereocenters. The molecule has 0 bridgehead atoms. The van der Waals surface area contributed by atoms with Crippen molar-refractivity contribution in [2.75, 3.05) is 0 Å². The van der Waals surface area contributed by atoms with Gasteiger partial charge in [0.1, 0.15) is 0 Å². The largest absolute Gasteiger partial charge is 0.351 e. The van der Waals surface area contributed by atoms with Crippen LogP contribution in [0.25, 0.3) is 21.7 Å². The van der Waals surface area contributed by atoms with Gasteiger partial charge in [-0.05, 0) is 46.0 Å².